The fourth-order valence-electron chi connectivity index (χ4n) is 2.00. The van der Waals surface area contributed by atoms with Crippen molar-refractivity contribution < 1.29 is 9.52 Å². The van der Waals surface area contributed by atoms with E-state index in [1.54, 1.807) is 0 Å². The number of furan rings is 1. The first-order valence-corrected chi connectivity index (χ1v) is 6.01. The summed E-state index contributed by atoms with van der Waals surface area (Å²) in [6.07, 6.45) is 3.29. The number of aliphatic hydroxyl groups excluding tert-OH is 1. The van der Waals surface area contributed by atoms with E-state index in [0.717, 1.165) is 30.1 Å². The van der Waals surface area contributed by atoms with Crippen LogP contribution in [0.25, 0.3) is 11.5 Å². The summed E-state index contributed by atoms with van der Waals surface area (Å²) in [5.41, 5.74) is 0.829. The van der Waals surface area contributed by atoms with E-state index in [2.05, 4.69) is 20.9 Å². The molecule has 0 saturated carbocycles. The number of aromatic nitrogens is 2. The maximum atomic E-state index is 9.56. The van der Waals surface area contributed by atoms with Gasteiger partial charge in [-0.15, -0.1) is 0 Å². The molecule has 1 N–H and O–H groups in total. The molecule has 1 aliphatic heterocycles. The van der Waals surface area contributed by atoms with Crippen LogP contribution in [0, 0.1) is 0 Å². The van der Waals surface area contributed by atoms with E-state index in [1.807, 2.05) is 22.9 Å². The van der Waals surface area contributed by atoms with Crippen LogP contribution in [0.2, 0.25) is 0 Å². The number of imidazole rings is 1. The molecule has 2 aromatic rings. The van der Waals surface area contributed by atoms with E-state index >= 15 is 0 Å². The SMILES string of the molecule is OC1CCc2nc(-c3ccc(Br)o3)cn2C1. The molecule has 1 atom stereocenters. The summed E-state index contributed by atoms with van der Waals surface area (Å²) >= 11 is 3.27. The molecule has 0 spiro atoms. The predicted octanol–water partition coefficient (Wildman–Crippen LogP) is 2.21. The fraction of sp³-hybridized carbons (Fsp3) is 0.364. The van der Waals surface area contributed by atoms with Gasteiger partial charge in [-0.1, -0.05) is 0 Å². The third-order valence-corrected chi connectivity index (χ3v) is 3.22. The lowest BCUT2D eigenvalue weighted by Crippen LogP contribution is -2.23. The van der Waals surface area contributed by atoms with Crippen LogP contribution in [-0.4, -0.2) is 20.8 Å². The molecule has 16 heavy (non-hydrogen) atoms. The zero-order valence-corrected chi connectivity index (χ0v) is 10.1. The molecule has 0 amide bonds. The summed E-state index contributed by atoms with van der Waals surface area (Å²) in [5, 5.41) is 9.56. The van der Waals surface area contributed by atoms with Gasteiger partial charge in [-0.05, 0) is 34.5 Å². The van der Waals surface area contributed by atoms with Gasteiger partial charge in [-0.25, -0.2) is 4.98 Å². The highest BCUT2D eigenvalue weighted by atomic mass is 79.9. The van der Waals surface area contributed by atoms with Crippen LogP contribution in [0.5, 0.6) is 0 Å². The third-order valence-electron chi connectivity index (χ3n) is 2.79. The molecule has 0 bridgehead atoms. The number of aryl methyl sites for hydroxylation is 1. The lowest BCUT2D eigenvalue weighted by molar-refractivity contribution is 0.130. The van der Waals surface area contributed by atoms with E-state index in [1.165, 1.54) is 0 Å². The average Bonchev–Trinajstić information content (AvgIpc) is 2.83. The second-order valence-corrected chi connectivity index (χ2v) is 4.77. The number of nitrogens with zero attached hydrogens (tertiary/aromatic N) is 2. The monoisotopic (exact) mass is 282 g/mol. The maximum Gasteiger partial charge on any atom is 0.169 e. The van der Waals surface area contributed by atoms with Crippen molar-refractivity contribution in [2.75, 3.05) is 0 Å². The molecule has 0 aromatic carbocycles. The number of rotatable bonds is 1. The van der Waals surface area contributed by atoms with Crippen molar-refractivity contribution in [3.8, 4) is 11.5 Å². The van der Waals surface area contributed by atoms with Gasteiger partial charge < -0.3 is 14.1 Å². The Labute approximate surface area is 101 Å². The van der Waals surface area contributed by atoms with Gasteiger partial charge in [0.05, 0.1) is 6.10 Å². The minimum atomic E-state index is -0.252. The standard InChI is InChI=1S/C11H11BrN2O2/c12-10-3-2-9(16-10)8-6-14-5-7(15)1-4-11(14)13-8/h2-3,6-7,15H,1,4-5H2. The number of hydrogen-bond acceptors (Lipinski definition) is 3. The minimum absolute atomic E-state index is 0.252. The van der Waals surface area contributed by atoms with Crippen molar-refractivity contribution in [2.45, 2.75) is 25.5 Å². The van der Waals surface area contributed by atoms with Gasteiger partial charge >= 0.3 is 0 Å². The molecule has 3 heterocycles. The molecule has 0 aliphatic carbocycles. The molecule has 2 aromatic heterocycles. The maximum absolute atomic E-state index is 9.56. The van der Waals surface area contributed by atoms with Gasteiger partial charge in [-0.3, -0.25) is 0 Å². The lowest BCUT2D eigenvalue weighted by Gasteiger charge is -2.18. The zero-order chi connectivity index (χ0) is 11.1. The Morgan fingerprint density at radius 2 is 2.38 bits per heavy atom. The first kappa shape index (κ1) is 10.1. The molecule has 0 saturated heterocycles. The predicted molar refractivity (Wildman–Crippen MR) is 62.0 cm³/mol. The molecular weight excluding hydrogens is 272 g/mol. The molecule has 1 aliphatic rings. The van der Waals surface area contributed by atoms with Crippen molar-refractivity contribution in [1.29, 1.82) is 0 Å². The van der Waals surface area contributed by atoms with Crippen LogP contribution in [0.4, 0.5) is 0 Å². The summed E-state index contributed by atoms with van der Waals surface area (Å²) in [5.74, 6) is 1.77. The summed E-state index contributed by atoms with van der Waals surface area (Å²) in [7, 11) is 0. The lowest BCUT2D eigenvalue weighted by atomic mass is 10.1. The summed E-state index contributed by atoms with van der Waals surface area (Å²) in [6, 6.07) is 3.73. The highest BCUT2D eigenvalue weighted by molar-refractivity contribution is 9.10. The second kappa shape index (κ2) is 3.75. The Balaban J connectivity index is 1.98. The average molecular weight is 283 g/mol. The van der Waals surface area contributed by atoms with Gasteiger partial charge in [-0.2, -0.15) is 0 Å². The largest absolute Gasteiger partial charge is 0.448 e. The number of halogens is 1. The highest BCUT2D eigenvalue weighted by Crippen LogP contribution is 2.26. The van der Waals surface area contributed by atoms with Gasteiger partial charge in [0.25, 0.3) is 0 Å². The summed E-state index contributed by atoms with van der Waals surface area (Å²) in [6.45, 7) is 0.629. The van der Waals surface area contributed by atoms with E-state index < -0.39 is 0 Å². The number of hydrogen-bond donors (Lipinski definition) is 1. The molecule has 0 fully saturated rings. The van der Waals surface area contributed by atoms with E-state index in [9.17, 15) is 5.11 Å². The molecule has 4 nitrogen and oxygen atoms in total. The van der Waals surface area contributed by atoms with Crippen LogP contribution in [0.3, 0.4) is 0 Å². The molecular formula is C11H11BrN2O2. The minimum Gasteiger partial charge on any atom is -0.448 e. The van der Waals surface area contributed by atoms with E-state index in [4.69, 9.17) is 4.42 Å². The van der Waals surface area contributed by atoms with Gasteiger partial charge in [0.1, 0.15) is 11.5 Å². The van der Waals surface area contributed by atoms with Gasteiger partial charge in [0.15, 0.2) is 10.4 Å². The van der Waals surface area contributed by atoms with Crippen molar-refractivity contribution >= 4 is 15.9 Å². The normalized spacial score (nSPS) is 19.8. The Morgan fingerprint density at radius 3 is 3.12 bits per heavy atom. The van der Waals surface area contributed by atoms with Crippen LogP contribution in [-0.2, 0) is 13.0 Å². The summed E-state index contributed by atoms with van der Waals surface area (Å²) in [4.78, 5) is 4.51. The van der Waals surface area contributed by atoms with E-state index in [0.29, 0.717) is 11.2 Å². The fourth-order valence-corrected chi connectivity index (χ4v) is 2.30. The number of fused-ring (bicyclic) bond motifs is 1. The van der Waals surface area contributed by atoms with Crippen molar-refractivity contribution in [3.63, 3.8) is 0 Å². The Morgan fingerprint density at radius 1 is 1.50 bits per heavy atom. The van der Waals surface area contributed by atoms with Gasteiger partial charge in [0.2, 0.25) is 0 Å². The molecule has 0 radical (unpaired) electrons. The van der Waals surface area contributed by atoms with Crippen LogP contribution >= 0.6 is 15.9 Å². The Bertz CT molecular complexity index is 518. The van der Waals surface area contributed by atoms with Crippen LogP contribution in [0.15, 0.2) is 27.4 Å². The second-order valence-electron chi connectivity index (χ2n) is 3.99. The smallest absolute Gasteiger partial charge is 0.169 e. The zero-order valence-electron chi connectivity index (χ0n) is 8.56. The molecule has 1 unspecified atom stereocenters. The molecule has 5 heteroatoms. The highest BCUT2D eigenvalue weighted by Gasteiger charge is 2.19. The number of aliphatic hydroxyl groups is 1. The summed E-state index contributed by atoms with van der Waals surface area (Å²) < 4.78 is 8.15. The van der Waals surface area contributed by atoms with Crippen molar-refractivity contribution in [3.05, 3.63) is 28.8 Å². The third kappa shape index (κ3) is 1.70. The Hall–Kier alpha value is -1.07. The van der Waals surface area contributed by atoms with Gasteiger partial charge in [0, 0.05) is 19.2 Å². The topological polar surface area (TPSA) is 51.2 Å². The first-order valence-electron chi connectivity index (χ1n) is 5.22. The molecule has 3 rings (SSSR count). The van der Waals surface area contributed by atoms with E-state index in [-0.39, 0.29) is 6.10 Å². The first-order chi connectivity index (χ1) is 7.72. The molecule has 84 valence electrons. The van der Waals surface area contributed by atoms with Crippen LogP contribution < -0.4 is 0 Å². The quantitative estimate of drug-likeness (QED) is 0.873. The van der Waals surface area contributed by atoms with Crippen LogP contribution in [0.1, 0.15) is 12.2 Å². The van der Waals surface area contributed by atoms with Crippen molar-refractivity contribution in [2.24, 2.45) is 0 Å². The van der Waals surface area contributed by atoms with Crippen molar-refractivity contribution in [1.82, 2.24) is 9.55 Å². The Kier molecular flexibility index (Phi) is 2.37.